The molecule has 0 spiro atoms. The lowest BCUT2D eigenvalue weighted by Gasteiger charge is -2.24. The zero-order valence-electron chi connectivity index (χ0n) is 16.2. The minimum atomic E-state index is -3.83. The summed E-state index contributed by atoms with van der Waals surface area (Å²) in [6.45, 7) is 1.87. The number of carbonyl (C=O) groups is 1. The third kappa shape index (κ3) is 3.53. The highest BCUT2D eigenvalue weighted by molar-refractivity contribution is 7.92. The molecule has 0 fully saturated rings. The van der Waals surface area contributed by atoms with Crippen LogP contribution < -0.4 is 9.62 Å². The Kier molecular flexibility index (Phi) is 5.02. The summed E-state index contributed by atoms with van der Waals surface area (Å²) in [6.07, 6.45) is 0.644. The number of sulfonamides is 1. The standard InChI is InChI=1S/C23H19N3O3S/c1-16-12-18-7-2-3-11-22(18)26(16)30(28,29)21-10-5-8-19(14-21)23(27)25-20-9-4-6-17(13-20)15-24/h2-11,13-14,16H,12H2,1H3,(H,25,27). The van der Waals surface area contributed by atoms with Crippen molar-refractivity contribution in [1.29, 1.82) is 5.26 Å². The second-order valence-electron chi connectivity index (χ2n) is 7.16. The molecule has 0 bridgehead atoms. The van der Waals surface area contributed by atoms with Gasteiger partial charge in [0.2, 0.25) is 0 Å². The van der Waals surface area contributed by atoms with Gasteiger partial charge in [-0.2, -0.15) is 5.26 Å². The molecule has 1 atom stereocenters. The van der Waals surface area contributed by atoms with Gasteiger partial charge >= 0.3 is 0 Å². The average molecular weight is 417 g/mol. The van der Waals surface area contributed by atoms with Crippen molar-refractivity contribution in [2.45, 2.75) is 24.3 Å². The van der Waals surface area contributed by atoms with E-state index in [4.69, 9.17) is 5.26 Å². The molecule has 0 radical (unpaired) electrons. The van der Waals surface area contributed by atoms with Crippen LogP contribution in [0.3, 0.4) is 0 Å². The minimum Gasteiger partial charge on any atom is -0.322 e. The lowest BCUT2D eigenvalue weighted by Crippen LogP contribution is -2.35. The molecule has 1 unspecified atom stereocenters. The van der Waals surface area contributed by atoms with Crippen molar-refractivity contribution >= 4 is 27.3 Å². The van der Waals surface area contributed by atoms with Crippen LogP contribution in [0.1, 0.15) is 28.4 Å². The van der Waals surface area contributed by atoms with E-state index in [1.165, 1.54) is 16.4 Å². The monoisotopic (exact) mass is 417 g/mol. The van der Waals surface area contributed by atoms with Gasteiger partial charge in [0.05, 0.1) is 22.2 Å². The lowest BCUT2D eigenvalue weighted by atomic mass is 10.1. The molecule has 150 valence electrons. The Morgan fingerprint density at radius 3 is 2.63 bits per heavy atom. The van der Waals surface area contributed by atoms with Crippen molar-refractivity contribution in [2.24, 2.45) is 0 Å². The van der Waals surface area contributed by atoms with Gasteiger partial charge in [-0.05, 0) is 61.4 Å². The first-order valence-corrected chi connectivity index (χ1v) is 10.9. The summed E-state index contributed by atoms with van der Waals surface area (Å²) in [7, 11) is -3.83. The van der Waals surface area contributed by atoms with Crippen LogP contribution in [0.5, 0.6) is 0 Å². The number of anilines is 2. The normalized spacial score (nSPS) is 15.3. The first kappa shape index (κ1) is 19.7. The van der Waals surface area contributed by atoms with E-state index in [-0.39, 0.29) is 16.5 Å². The number of benzene rings is 3. The molecule has 1 heterocycles. The van der Waals surface area contributed by atoms with E-state index in [0.717, 1.165) is 5.56 Å². The van der Waals surface area contributed by atoms with Crippen LogP contribution in [0.15, 0.2) is 77.7 Å². The molecule has 1 amide bonds. The zero-order chi connectivity index (χ0) is 21.3. The summed E-state index contributed by atoms with van der Waals surface area (Å²) in [5.74, 6) is -0.447. The Bertz CT molecular complexity index is 1280. The van der Waals surface area contributed by atoms with E-state index < -0.39 is 15.9 Å². The largest absolute Gasteiger partial charge is 0.322 e. The summed E-state index contributed by atoms with van der Waals surface area (Å²) in [5, 5.41) is 11.7. The van der Waals surface area contributed by atoms with Crippen LogP contribution in [0.4, 0.5) is 11.4 Å². The van der Waals surface area contributed by atoms with E-state index >= 15 is 0 Å². The van der Waals surface area contributed by atoms with Gasteiger partial charge in [-0.1, -0.05) is 30.3 Å². The van der Waals surface area contributed by atoms with Crippen LogP contribution in [-0.4, -0.2) is 20.4 Å². The van der Waals surface area contributed by atoms with Gasteiger partial charge in [0.1, 0.15) is 0 Å². The quantitative estimate of drug-likeness (QED) is 0.696. The molecule has 0 aliphatic carbocycles. The number of hydrogen-bond donors (Lipinski definition) is 1. The summed E-state index contributed by atoms with van der Waals surface area (Å²) >= 11 is 0. The van der Waals surface area contributed by atoms with Crippen molar-refractivity contribution in [3.63, 3.8) is 0 Å². The number of nitrogens with zero attached hydrogens (tertiary/aromatic N) is 2. The number of nitrogens with one attached hydrogen (secondary N) is 1. The Labute approximate surface area is 175 Å². The van der Waals surface area contributed by atoms with Gasteiger partial charge in [-0.15, -0.1) is 0 Å². The van der Waals surface area contributed by atoms with Crippen molar-refractivity contribution in [1.82, 2.24) is 0 Å². The fourth-order valence-corrected chi connectivity index (χ4v) is 5.42. The molecule has 1 aliphatic heterocycles. The third-order valence-electron chi connectivity index (χ3n) is 5.05. The van der Waals surface area contributed by atoms with Crippen molar-refractivity contribution in [2.75, 3.05) is 9.62 Å². The Balaban J connectivity index is 1.64. The molecular formula is C23H19N3O3S. The van der Waals surface area contributed by atoms with Gasteiger partial charge in [0, 0.05) is 17.3 Å². The molecule has 30 heavy (non-hydrogen) atoms. The predicted octanol–water partition coefficient (Wildman–Crippen LogP) is 3.95. The van der Waals surface area contributed by atoms with E-state index in [2.05, 4.69) is 5.32 Å². The number of nitriles is 1. The molecule has 1 aliphatic rings. The highest BCUT2D eigenvalue weighted by atomic mass is 32.2. The minimum absolute atomic E-state index is 0.0597. The molecule has 3 aromatic carbocycles. The van der Waals surface area contributed by atoms with Gasteiger partial charge in [-0.25, -0.2) is 8.42 Å². The maximum Gasteiger partial charge on any atom is 0.264 e. The van der Waals surface area contributed by atoms with Crippen molar-refractivity contribution in [3.8, 4) is 6.07 Å². The SMILES string of the molecule is CC1Cc2ccccc2N1S(=O)(=O)c1cccc(C(=O)Nc2cccc(C#N)c2)c1. The van der Waals surface area contributed by atoms with E-state index in [0.29, 0.717) is 23.4 Å². The van der Waals surface area contributed by atoms with Crippen molar-refractivity contribution in [3.05, 3.63) is 89.5 Å². The van der Waals surface area contributed by atoms with Crippen molar-refractivity contribution < 1.29 is 13.2 Å². The molecule has 0 saturated heterocycles. The first-order chi connectivity index (χ1) is 14.4. The fraction of sp³-hybridized carbons (Fsp3) is 0.130. The third-order valence-corrected chi connectivity index (χ3v) is 6.97. The van der Waals surface area contributed by atoms with Gasteiger partial charge < -0.3 is 5.32 Å². The maximum absolute atomic E-state index is 13.4. The van der Waals surface area contributed by atoms with Crippen LogP contribution in [0.2, 0.25) is 0 Å². The number of para-hydroxylation sites is 1. The molecular weight excluding hydrogens is 398 g/mol. The van der Waals surface area contributed by atoms with Gasteiger partial charge in [-0.3, -0.25) is 9.10 Å². The number of rotatable bonds is 4. The molecule has 0 aromatic heterocycles. The Morgan fingerprint density at radius 1 is 1.07 bits per heavy atom. The Morgan fingerprint density at radius 2 is 1.83 bits per heavy atom. The first-order valence-electron chi connectivity index (χ1n) is 9.44. The van der Waals surface area contributed by atoms with Gasteiger partial charge in [0.15, 0.2) is 0 Å². The predicted molar refractivity (Wildman–Crippen MR) is 115 cm³/mol. The van der Waals surface area contributed by atoms with Crippen LogP contribution in [0.25, 0.3) is 0 Å². The highest BCUT2D eigenvalue weighted by Crippen LogP contribution is 2.36. The van der Waals surface area contributed by atoms with Crippen LogP contribution in [0, 0.1) is 11.3 Å². The summed E-state index contributed by atoms with van der Waals surface area (Å²) < 4.78 is 28.2. The molecule has 0 saturated carbocycles. The van der Waals surface area contributed by atoms with Crippen LogP contribution in [-0.2, 0) is 16.4 Å². The summed E-state index contributed by atoms with van der Waals surface area (Å²) in [6, 6.07) is 21.8. The second kappa shape index (κ2) is 7.65. The van der Waals surface area contributed by atoms with E-state index in [1.807, 2.05) is 31.2 Å². The van der Waals surface area contributed by atoms with E-state index in [9.17, 15) is 13.2 Å². The molecule has 4 rings (SSSR count). The molecule has 6 nitrogen and oxygen atoms in total. The maximum atomic E-state index is 13.4. The zero-order valence-corrected chi connectivity index (χ0v) is 17.1. The smallest absolute Gasteiger partial charge is 0.264 e. The fourth-order valence-electron chi connectivity index (χ4n) is 3.68. The highest BCUT2D eigenvalue weighted by Gasteiger charge is 2.36. The average Bonchev–Trinajstić information content (AvgIpc) is 3.10. The topological polar surface area (TPSA) is 90.3 Å². The molecule has 3 aromatic rings. The molecule has 1 N–H and O–H groups in total. The van der Waals surface area contributed by atoms with E-state index in [1.54, 1.807) is 42.5 Å². The summed E-state index contributed by atoms with van der Waals surface area (Å²) in [4.78, 5) is 12.7. The number of hydrogen-bond acceptors (Lipinski definition) is 4. The Hall–Kier alpha value is -3.63. The van der Waals surface area contributed by atoms with Crippen LogP contribution >= 0.6 is 0 Å². The number of fused-ring (bicyclic) bond motifs is 1. The molecule has 7 heteroatoms. The lowest BCUT2D eigenvalue weighted by molar-refractivity contribution is 0.102. The second-order valence-corrected chi connectivity index (χ2v) is 8.97. The van der Waals surface area contributed by atoms with Gasteiger partial charge in [0.25, 0.3) is 15.9 Å². The summed E-state index contributed by atoms with van der Waals surface area (Å²) in [5.41, 5.74) is 2.77. The number of amides is 1. The number of carbonyl (C=O) groups excluding carboxylic acids is 1.